The first-order valence-electron chi connectivity index (χ1n) is 4.44. The lowest BCUT2D eigenvalue weighted by Gasteiger charge is -1.96. The van der Waals surface area contributed by atoms with Gasteiger partial charge < -0.3 is 4.74 Å². The summed E-state index contributed by atoms with van der Waals surface area (Å²) in [6.45, 7) is 0.355. The second kappa shape index (κ2) is 4.42. The predicted molar refractivity (Wildman–Crippen MR) is 57.5 cm³/mol. The van der Waals surface area contributed by atoms with E-state index in [-0.39, 0.29) is 0 Å². The SMILES string of the molecule is COCn1ncc(-c2ccc(Cl)cc2)n1. The monoisotopic (exact) mass is 223 g/mol. The highest BCUT2D eigenvalue weighted by molar-refractivity contribution is 6.30. The number of benzene rings is 1. The van der Waals surface area contributed by atoms with Crippen molar-refractivity contribution in [2.45, 2.75) is 6.73 Å². The number of methoxy groups -OCH3 is 1. The zero-order chi connectivity index (χ0) is 10.7. The smallest absolute Gasteiger partial charge is 0.158 e. The van der Waals surface area contributed by atoms with E-state index in [0.29, 0.717) is 11.8 Å². The van der Waals surface area contributed by atoms with E-state index in [1.54, 1.807) is 13.3 Å². The van der Waals surface area contributed by atoms with E-state index in [9.17, 15) is 0 Å². The Bertz CT molecular complexity index is 438. The van der Waals surface area contributed by atoms with Crippen LogP contribution in [0.1, 0.15) is 0 Å². The molecule has 5 heteroatoms. The molecule has 0 aliphatic heterocycles. The molecule has 0 atom stereocenters. The van der Waals surface area contributed by atoms with Crippen molar-refractivity contribution in [2.75, 3.05) is 7.11 Å². The Kier molecular flexibility index (Phi) is 2.99. The van der Waals surface area contributed by atoms with Gasteiger partial charge in [-0.2, -0.15) is 15.0 Å². The maximum absolute atomic E-state index is 5.79. The Morgan fingerprint density at radius 3 is 2.73 bits per heavy atom. The highest BCUT2D eigenvalue weighted by Crippen LogP contribution is 2.18. The van der Waals surface area contributed by atoms with Gasteiger partial charge in [-0.1, -0.05) is 23.7 Å². The lowest BCUT2D eigenvalue weighted by molar-refractivity contribution is 0.108. The first-order chi connectivity index (χ1) is 7.29. The maximum Gasteiger partial charge on any atom is 0.158 e. The van der Waals surface area contributed by atoms with Crippen LogP contribution in [0.3, 0.4) is 0 Å². The Labute approximate surface area is 92.4 Å². The van der Waals surface area contributed by atoms with E-state index in [4.69, 9.17) is 16.3 Å². The first-order valence-corrected chi connectivity index (χ1v) is 4.82. The molecule has 0 radical (unpaired) electrons. The number of hydrogen-bond donors (Lipinski definition) is 0. The molecule has 0 amide bonds. The minimum Gasteiger partial charge on any atom is -0.361 e. The molecule has 1 aromatic heterocycles. The average molecular weight is 224 g/mol. The van der Waals surface area contributed by atoms with Gasteiger partial charge in [0.25, 0.3) is 0 Å². The summed E-state index contributed by atoms with van der Waals surface area (Å²) in [6, 6.07) is 7.46. The van der Waals surface area contributed by atoms with Crippen LogP contribution in [0.2, 0.25) is 5.02 Å². The molecule has 78 valence electrons. The Morgan fingerprint density at radius 2 is 2.07 bits per heavy atom. The van der Waals surface area contributed by atoms with Gasteiger partial charge in [0.1, 0.15) is 5.69 Å². The van der Waals surface area contributed by atoms with Crippen molar-refractivity contribution >= 4 is 11.6 Å². The second-order valence-corrected chi connectivity index (χ2v) is 3.46. The minimum absolute atomic E-state index is 0.355. The quantitative estimate of drug-likeness (QED) is 0.801. The molecule has 0 saturated heterocycles. The summed E-state index contributed by atoms with van der Waals surface area (Å²) < 4.78 is 4.91. The predicted octanol–water partition coefficient (Wildman–Crippen LogP) is 2.20. The maximum atomic E-state index is 5.79. The van der Waals surface area contributed by atoms with Crippen LogP contribution in [0.15, 0.2) is 30.5 Å². The number of hydrogen-bond acceptors (Lipinski definition) is 3. The average Bonchev–Trinajstić information content (AvgIpc) is 2.68. The Morgan fingerprint density at radius 1 is 1.33 bits per heavy atom. The van der Waals surface area contributed by atoms with Crippen molar-refractivity contribution in [3.8, 4) is 11.3 Å². The molecule has 2 aromatic rings. The van der Waals surface area contributed by atoms with Crippen LogP contribution in [0.4, 0.5) is 0 Å². The minimum atomic E-state index is 0.355. The zero-order valence-corrected chi connectivity index (χ0v) is 8.98. The van der Waals surface area contributed by atoms with Crippen molar-refractivity contribution in [2.24, 2.45) is 0 Å². The molecule has 0 unspecified atom stereocenters. The number of nitrogens with zero attached hydrogens (tertiary/aromatic N) is 3. The molecule has 0 aliphatic rings. The zero-order valence-electron chi connectivity index (χ0n) is 8.22. The molecule has 0 aliphatic carbocycles. The highest BCUT2D eigenvalue weighted by atomic mass is 35.5. The molecule has 1 heterocycles. The van der Waals surface area contributed by atoms with E-state index in [2.05, 4.69) is 10.2 Å². The summed E-state index contributed by atoms with van der Waals surface area (Å²) in [5, 5.41) is 9.00. The van der Waals surface area contributed by atoms with Crippen molar-refractivity contribution in [3.05, 3.63) is 35.5 Å². The van der Waals surface area contributed by atoms with Crippen LogP contribution in [-0.4, -0.2) is 22.1 Å². The topological polar surface area (TPSA) is 39.9 Å². The van der Waals surface area contributed by atoms with Gasteiger partial charge in [0.05, 0.1) is 6.20 Å². The molecular weight excluding hydrogens is 214 g/mol. The highest BCUT2D eigenvalue weighted by Gasteiger charge is 2.02. The van der Waals surface area contributed by atoms with E-state index >= 15 is 0 Å². The number of halogens is 1. The third kappa shape index (κ3) is 2.34. The van der Waals surface area contributed by atoms with Gasteiger partial charge in [0, 0.05) is 17.7 Å². The first kappa shape index (κ1) is 10.1. The fourth-order valence-electron chi connectivity index (χ4n) is 1.23. The third-order valence-corrected chi connectivity index (χ3v) is 2.17. The summed E-state index contributed by atoms with van der Waals surface area (Å²) in [7, 11) is 1.60. The summed E-state index contributed by atoms with van der Waals surface area (Å²) in [5.74, 6) is 0. The lowest BCUT2D eigenvalue weighted by atomic mass is 10.2. The van der Waals surface area contributed by atoms with Crippen LogP contribution in [-0.2, 0) is 11.5 Å². The van der Waals surface area contributed by atoms with Gasteiger partial charge in [-0.25, -0.2) is 0 Å². The second-order valence-electron chi connectivity index (χ2n) is 3.03. The molecular formula is C10H10ClN3O. The van der Waals surface area contributed by atoms with Gasteiger partial charge >= 0.3 is 0 Å². The van der Waals surface area contributed by atoms with E-state index in [1.165, 1.54) is 4.80 Å². The molecule has 0 saturated carbocycles. The summed E-state index contributed by atoms with van der Waals surface area (Å²) in [6.07, 6.45) is 1.70. The standard InChI is InChI=1S/C10H10ClN3O/c1-15-7-14-12-6-10(13-14)8-2-4-9(11)5-3-8/h2-6H,7H2,1H3. The van der Waals surface area contributed by atoms with E-state index < -0.39 is 0 Å². The van der Waals surface area contributed by atoms with Gasteiger partial charge in [0.2, 0.25) is 0 Å². The van der Waals surface area contributed by atoms with E-state index in [0.717, 1.165) is 11.3 Å². The number of rotatable bonds is 3. The van der Waals surface area contributed by atoms with E-state index in [1.807, 2.05) is 24.3 Å². The Balaban J connectivity index is 2.25. The normalized spacial score (nSPS) is 10.5. The number of ether oxygens (including phenoxy) is 1. The third-order valence-electron chi connectivity index (χ3n) is 1.92. The van der Waals surface area contributed by atoms with Gasteiger partial charge in [-0.3, -0.25) is 0 Å². The molecule has 4 nitrogen and oxygen atoms in total. The van der Waals surface area contributed by atoms with Crippen molar-refractivity contribution < 1.29 is 4.74 Å². The Hall–Kier alpha value is -1.39. The largest absolute Gasteiger partial charge is 0.361 e. The van der Waals surface area contributed by atoms with Crippen LogP contribution < -0.4 is 0 Å². The van der Waals surface area contributed by atoms with Crippen LogP contribution >= 0.6 is 11.6 Å². The molecule has 0 N–H and O–H groups in total. The van der Waals surface area contributed by atoms with Crippen LogP contribution in [0, 0.1) is 0 Å². The molecule has 0 spiro atoms. The molecule has 1 aromatic carbocycles. The van der Waals surface area contributed by atoms with Crippen molar-refractivity contribution in [1.82, 2.24) is 15.0 Å². The fourth-order valence-corrected chi connectivity index (χ4v) is 1.35. The number of aromatic nitrogens is 3. The molecule has 15 heavy (non-hydrogen) atoms. The van der Waals surface area contributed by atoms with Gasteiger partial charge in [-0.15, -0.1) is 0 Å². The van der Waals surface area contributed by atoms with Crippen molar-refractivity contribution in [1.29, 1.82) is 0 Å². The molecule has 0 fully saturated rings. The summed E-state index contributed by atoms with van der Waals surface area (Å²) >= 11 is 5.79. The molecule has 0 bridgehead atoms. The van der Waals surface area contributed by atoms with Crippen molar-refractivity contribution in [3.63, 3.8) is 0 Å². The van der Waals surface area contributed by atoms with Crippen LogP contribution in [0.5, 0.6) is 0 Å². The summed E-state index contributed by atoms with van der Waals surface area (Å²) in [4.78, 5) is 1.49. The van der Waals surface area contributed by atoms with Gasteiger partial charge in [0.15, 0.2) is 6.73 Å². The molecule has 2 rings (SSSR count). The summed E-state index contributed by atoms with van der Waals surface area (Å²) in [5.41, 5.74) is 1.80. The van der Waals surface area contributed by atoms with Gasteiger partial charge in [-0.05, 0) is 12.1 Å². The lowest BCUT2D eigenvalue weighted by Crippen LogP contribution is -2.03. The van der Waals surface area contributed by atoms with Crippen LogP contribution in [0.25, 0.3) is 11.3 Å². The fraction of sp³-hybridized carbons (Fsp3) is 0.200.